The molecule has 0 fully saturated rings. The lowest BCUT2D eigenvalue weighted by atomic mass is 10.1. The minimum Gasteiger partial charge on any atom is -0.482 e. The van der Waals surface area contributed by atoms with E-state index in [-0.39, 0.29) is 12.5 Å². The Bertz CT molecular complexity index is 1390. The number of carbonyl (C=O) groups excluding carboxylic acids is 1. The van der Waals surface area contributed by atoms with Gasteiger partial charge in [0.2, 0.25) is 0 Å². The van der Waals surface area contributed by atoms with E-state index >= 15 is 0 Å². The molecule has 1 aromatic heterocycles. The number of fused-ring (bicyclic) bond motifs is 1. The summed E-state index contributed by atoms with van der Waals surface area (Å²) in [6.45, 7) is 0.567. The summed E-state index contributed by atoms with van der Waals surface area (Å²) in [5.74, 6) is 0.491. The molecule has 1 N–H and O–H groups in total. The first-order chi connectivity index (χ1) is 15.6. The second-order valence-electron chi connectivity index (χ2n) is 7.22. The lowest BCUT2D eigenvalue weighted by Gasteiger charge is -2.19. The zero-order chi connectivity index (χ0) is 22.1. The van der Waals surface area contributed by atoms with Crippen LogP contribution in [0, 0.1) is 0 Å². The van der Waals surface area contributed by atoms with Gasteiger partial charge >= 0.3 is 0 Å². The number of halogens is 2. The van der Waals surface area contributed by atoms with Crippen LogP contribution in [0.25, 0.3) is 11.3 Å². The van der Waals surface area contributed by atoms with Crippen molar-refractivity contribution in [3.05, 3.63) is 92.5 Å². The van der Waals surface area contributed by atoms with Crippen LogP contribution in [0.2, 0.25) is 10.0 Å². The second kappa shape index (κ2) is 8.82. The highest BCUT2D eigenvalue weighted by molar-refractivity contribution is 7.07. The van der Waals surface area contributed by atoms with Crippen molar-refractivity contribution >= 4 is 51.8 Å². The summed E-state index contributed by atoms with van der Waals surface area (Å²) in [5.41, 5.74) is 4.30. The number of ether oxygens (including phenoxy) is 1. The van der Waals surface area contributed by atoms with Crippen LogP contribution in [0.4, 0.5) is 11.4 Å². The molecule has 5 rings (SSSR count). The Labute approximate surface area is 198 Å². The largest absolute Gasteiger partial charge is 0.482 e. The fourth-order valence-electron chi connectivity index (χ4n) is 3.50. The van der Waals surface area contributed by atoms with Gasteiger partial charge in [0.15, 0.2) is 11.4 Å². The molecule has 0 spiro atoms. The van der Waals surface area contributed by atoms with Crippen LogP contribution in [-0.2, 0) is 11.3 Å². The maximum absolute atomic E-state index is 11.8. The van der Waals surface area contributed by atoms with E-state index in [4.69, 9.17) is 32.9 Å². The van der Waals surface area contributed by atoms with Crippen molar-refractivity contribution in [3.63, 3.8) is 0 Å². The van der Waals surface area contributed by atoms with Crippen molar-refractivity contribution in [2.24, 2.45) is 4.99 Å². The summed E-state index contributed by atoms with van der Waals surface area (Å²) in [7, 11) is 0. The number of hydrogen-bond acceptors (Lipinski definition) is 4. The molecule has 4 aromatic rings. The van der Waals surface area contributed by atoms with Crippen molar-refractivity contribution in [2.75, 3.05) is 11.9 Å². The van der Waals surface area contributed by atoms with Crippen molar-refractivity contribution in [1.29, 1.82) is 0 Å². The maximum atomic E-state index is 11.8. The molecule has 2 heterocycles. The van der Waals surface area contributed by atoms with E-state index in [1.807, 2.05) is 72.1 Å². The third-order valence-electron chi connectivity index (χ3n) is 5.03. The molecule has 1 aliphatic rings. The van der Waals surface area contributed by atoms with Gasteiger partial charge in [0.25, 0.3) is 5.91 Å². The van der Waals surface area contributed by atoms with Gasteiger partial charge in [-0.05, 0) is 48.0 Å². The molecule has 0 atom stereocenters. The summed E-state index contributed by atoms with van der Waals surface area (Å²) in [4.78, 5) is 17.4. The molecule has 160 valence electrons. The van der Waals surface area contributed by atoms with Gasteiger partial charge in [-0.25, -0.2) is 4.99 Å². The van der Waals surface area contributed by atoms with E-state index in [0.29, 0.717) is 28.0 Å². The number of aromatic nitrogens is 1. The maximum Gasteiger partial charge on any atom is 0.262 e. The predicted octanol–water partition coefficient (Wildman–Crippen LogP) is 6.14. The molecular weight excluding hydrogens is 465 g/mol. The minimum absolute atomic E-state index is 0.0277. The van der Waals surface area contributed by atoms with Gasteiger partial charge in [-0.15, -0.1) is 11.3 Å². The Balaban J connectivity index is 1.65. The molecule has 3 aromatic carbocycles. The zero-order valence-corrected chi connectivity index (χ0v) is 19.0. The minimum atomic E-state index is -0.166. The van der Waals surface area contributed by atoms with Crippen LogP contribution >= 0.6 is 34.5 Å². The smallest absolute Gasteiger partial charge is 0.262 e. The van der Waals surface area contributed by atoms with Crippen molar-refractivity contribution < 1.29 is 9.53 Å². The SMILES string of the molecule is O=C1COc2ccc(-c3csc(=Nc4cccc(Cl)c4)n3Cc3ccccc3Cl)cc2N1. The Morgan fingerprint density at radius 1 is 1.06 bits per heavy atom. The van der Waals surface area contributed by atoms with Gasteiger partial charge in [0.05, 0.1) is 23.6 Å². The molecular formula is C24H17Cl2N3O2S. The van der Waals surface area contributed by atoms with Crippen molar-refractivity contribution in [1.82, 2.24) is 4.57 Å². The molecule has 8 heteroatoms. The Kier molecular flexibility index (Phi) is 5.74. The van der Waals surface area contributed by atoms with Gasteiger partial charge < -0.3 is 14.6 Å². The molecule has 0 bridgehead atoms. The van der Waals surface area contributed by atoms with Gasteiger partial charge in [-0.2, -0.15) is 0 Å². The number of hydrogen-bond donors (Lipinski definition) is 1. The Hall–Kier alpha value is -3.06. The zero-order valence-electron chi connectivity index (χ0n) is 16.7. The summed E-state index contributed by atoms with van der Waals surface area (Å²) < 4.78 is 7.61. The van der Waals surface area contributed by atoms with E-state index in [1.165, 1.54) is 11.3 Å². The first-order valence-corrected chi connectivity index (χ1v) is 11.5. The highest BCUT2D eigenvalue weighted by Crippen LogP contribution is 2.33. The number of amides is 1. The number of rotatable bonds is 4. The highest BCUT2D eigenvalue weighted by atomic mass is 35.5. The summed E-state index contributed by atoms with van der Waals surface area (Å²) in [6.07, 6.45) is 0. The lowest BCUT2D eigenvalue weighted by molar-refractivity contribution is -0.118. The number of nitrogens with zero attached hydrogens (tertiary/aromatic N) is 2. The van der Waals surface area contributed by atoms with Gasteiger partial charge in [0.1, 0.15) is 5.75 Å². The van der Waals surface area contributed by atoms with Crippen LogP contribution in [0.15, 0.2) is 77.1 Å². The number of benzene rings is 3. The first-order valence-electron chi connectivity index (χ1n) is 9.86. The summed E-state index contributed by atoms with van der Waals surface area (Å²) in [6, 6.07) is 21.0. The van der Waals surface area contributed by atoms with Crippen LogP contribution in [0.3, 0.4) is 0 Å². The lowest BCUT2D eigenvalue weighted by Crippen LogP contribution is -2.25. The summed E-state index contributed by atoms with van der Waals surface area (Å²) >= 11 is 14.1. The normalized spacial score (nSPS) is 13.4. The number of nitrogens with one attached hydrogen (secondary N) is 1. The summed E-state index contributed by atoms with van der Waals surface area (Å²) in [5, 5.41) is 6.24. The molecule has 1 aliphatic heterocycles. The topological polar surface area (TPSA) is 55.6 Å². The molecule has 1 amide bonds. The van der Waals surface area contributed by atoms with Crippen LogP contribution in [0.5, 0.6) is 5.75 Å². The standard InChI is InChI=1S/C24H17Cl2N3O2S/c25-17-5-3-6-18(11-17)27-24-29(12-16-4-1-2-7-19(16)26)21(14-32-24)15-8-9-22-20(10-15)28-23(30)13-31-22/h1-11,14H,12-13H2,(H,28,30). The number of thiazole rings is 1. The van der Waals surface area contributed by atoms with E-state index < -0.39 is 0 Å². The van der Waals surface area contributed by atoms with Crippen molar-refractivity contribution in [3.8, 4) is 17.0 Å². The molecule has 32 heavy (non-hydrogen) atoms. The molecule has 0 unspecified atom stereocenters. The number of anilines is 1. The third-order valence-corrected chi connectivity index (χ3v) is 6.49. The van der Waals surface area contributed by atoms with Crippen LogP contribution in [0.1, 0.15) is 5.56 Å². The Morgan fingerprint density at radius 3 is 2.78 bits per heavy atom. The number of carbonyl (C=O) groups is 1. The molecule has 0 saturated carbocycles. The second-order valence-corrected chi connectivity index (χ2v) is 8.90. The van der Waals surface area contributed by atoms with E-state index in [9.17, 15) is 4.79 Å². The average Bonchev–Trinajstić information content (AvgIpc) is 3.17. The average molecular weight is 482 g/mol. The highest BCUT2D eigenvalue weighted by Gasteiger charge is 2.18. The molecule has 0 aliphatic carbocycles. The van der Waals surface area contributed by atoms with E-state index in [1.54, 1.807) is 0 Å². The van der Waals surface area contributed by atoms with Crippen LogP contribution < -0.4 is 14.9 Å². The fraction of sp³-hybridized carbons (Fsp3) is 0.0833. The first kappa shape index (κ1) is 20.8. The van der Waals surface area contributed by atoms with Crippen molar-refractivity contribution in [2.45, 2.75) is 6.54 Å². The molecule has 0 radical (unpaired) electrons. The Morgan fingerprint density at radius 2 is 1.94 bits per heavy atom. The van der Waals surface area contributed by atoms with Gasteiger partial charge in [-0.1, -0.05) is 47.5 Å². The van der Waals surface area contributed by atoms with E-state index in [0.717, 1.165) is 27.3 Å². The van der Waals surface area contributed by atoms with Crippen LogP contribution in [-0.4, -0.2) is 17.1 Å². The fourth-order valence-corrected chi connectivity index (χ4v) is 4.81. The molecule has 5 nitrogen and oxygen atoms in total. The van der Waals surface area contributed by atoms with Gasteiger partial charge in [0, 0.05) is 21.0 Å². The van der Waals surface area contributed by atoms with Gasteiger partial charge in [-0.3, -0.25) is 4.79 Å². The predicted molar refractivity (Wildman–Crippen MR) is 129 cm³/mol. The quantitative estimate of drug-likeness (QED) is 0.380. The monoisotopic (exact) mass is 481 g/mol. The molecule has 0 saturated heterocycles. The third kappa shape index (κ3) is 4.30. The van der Waals surface area contributed by atoms with E-state index in [2.05, 4.69) is 9.88 Å².